The zero-order valence-corrected chi connectivity index (χ0v) is 26.0. The maximum atomic E-state index is 13.3. The molecule has 8 nitrogen and oxygen atoms in total. The van der Waals surface area contributed by atoms with Crippen molar-refractivity contribution in [2.24, 2.45) is 0 Å². The molecule has 0 radical (unpaired) electrons. The van der Waals surface area contributed by atoms with Crippen molar-refractivity contribution < 1.29 is 22.3 Å². The number of carbonyl (C=O) groups is 1. The molecule has 5 rings (SSSR count). The topological polar surface area (TPSA) is 99.8 Å². The van der Waals surface area contributed by atoms with Crippen molar-refractivity contribution in [3.63, 3.8) is 0 Å². The molecule has 4 aromatic rings. The van der Waals surface area contributed by atoms with Gasteiger partial charge in [0.25, 0.3) is 0 Å². The maximum Gasteiger partial charge on any atom is 0.246 e. The molecule has 1 aliphatic heterocycles. The van der Waals surface area contributed by atoms with Gasteiger partial charge in [-0.2, -0.15) is 0 Å². The van der Waals surface area contributed by atoms with Gasteiger partial charge in [-0.15, -0.1) is 23.7 Å². The maximum absolute atomic E-state index is 13.3. The normalized spacial score (nSPS) is 14.8. The van der Waals surface area contributed by atoms with E-state index in [2.05, 4.69) is 20.3 Å². The zero-order chi connectivity index (χ0) is 29.5. The molecule has 1 atom stereocenters. The fourth-order valence-electron chi connectivity index (χ4n) is 4.85. The van der Waals surface area contributed by atoms with E-state index in [1.165, 1.54) is 29.0 Å². The molecule has 1 unspecified atom stereocenters. The van der Waals surface area contributed by atoms with Crippen molar-refractivity contribution in [3.05, 3.63) is 107 Å². The first-order valence-corrected chi connectivity index (χ1v) is 16.4. The minimum atomic E-state index is -3.32. The van der Waals surface area contributed by atoms with E-state index in [9.17, 15) is 17.6 Å². The first-order valence-electron chi connectivity index (χ1n) is 13.6. The SMILES string of the molecule is CS(=O)(=O)Nc1ccc(Oc2ccc(CN3CCC(NC(C(=O)Nc4ccc(F)cc4)c4cccs4)CC3)cc2)cc1.Cl. The molecule has 0 saturated carbocycles. The Bertz CT molecular complexity index is 1560. The van der Waals surface area contributed by atoms with Gasteiger partial charge in [-0.3, -0.25) is 19.7 Å². The Morgan fingerprint density at radius 3 is 2.14 bits per heavy atom. The summed E-state index contributed by atoms with van der Waals surface area (Å²) < 4.78 is 44.4. The summed E-state index contributed by atoms with van der Waals surface area (Å²) in [4.78, 5) is 16.5. The van der Waals surface area contributed by atoms with Crippen molar-refractivity contribution in [2.75, 3.05) is 29.4 Å². The number of hydrogen-bond acceptors (Lipinski definition) is 7. The van der Waals surface area contributed by atoms with Crippen LogP contribution in [0.25, 0.3) is 0 Å². The van der Waals surface area contributed by atoms with E-state index in [0.29, 0.717) is 22.9 Å². The number of nitrogens with zero attached hydrogens (tertiary/aromatic N) is 1. The molecule has 0 aliphatic carbocycles. The summed E-state index contributed by atoms with van der Waals surface area (Å²) in [7, 11) is -3.32. The molecular weight excluding hydrogens is 611 g/mol. The van der Waals surface area contributed by atoms with Gasteiger partial charge in [0.05, 0.1) is 6.26 Å². The van der Waals surface area contributed by atoms with Gasteiger partial charge >= 0.3 is 0 Å². The molecule has 43 heavy (non-hydrogen) atoms. The summed E-state index contributed by atoms with van der Waals surface area (Å²) in [5.74, 6) is 0.813. The number of ether oxygens (including phenoxy) is 1. The molecule has 12 heteroatoms. The number of halogens is 2. The molecule has 1 saturated heterocycles. The minimum absolute atomic E-state index is 0. The lowest BCUT2D eigenvalue weighted by atomic mass is 10.0. The number of benzene rings is 3. The van der Waals surface area contributed by atoms with Crippen LogP contribution in [-0.2, 0) is 21.4 Å². The number of sulfonamides is 1. The van der Waals surface area contributed by atoms with Crippen molar-refractivity contribution in [3.8, 4) is 11.5 Å². The molecule has 3 aromatic carbocycles. The van der Waals surface area contributed by atoms with Gasteiger partial charge in [-0.05, 0) is 104 Å². The molecule has 2 heterocycles. The van der Waals surface area contributed by atoms with Crippen molar-refractivity contribution in [2.45, 2.75) is 31.5 Å². The molecular formula is C31H34ClFN4O4S2. The number of piperidine rings is 1. The van der Waals surface area contributed by atoms with Crippen LogP contribution < -0.4 is 20.1 Å². The predicted octanol–water partition coefficient (Wildman–Crippen LogP) is 6.41. The van der Waals surface area contributed by atoms with Gasteiger partial charge in [0.2, 0.25) is 15.9 Å². The standard InChI is InChI=1S/C31H33FN4O4S2.ClH/c1-42(38,39)35-26-10-14-28(15-11-26)40-27-12-4-22(5-13-27)21-36-18-16-25(17-19-36)33-30(29-3-2-20-41-29)31(37)34-24-8-6-23(32)7-9-24;/h2-15,20,25,30,33,35H,16-19,21H2,1H3,(H,34,37);1H. The van der Waals surface area contributed by atoms with Crippen LogP contribution in [0.2, 0.25) is 0 Å². The summed E-state index contributed by atoms with van der Waals surface area (Å²) in [6, 6.07) is 24.1. The minimum Gasteiger partial charge on any atom is -0.457 e. The van der Waals surface area contributed by atoms with Gasteiger partial charge in [0, 0.05) is 28.8 Å². The molecule has 1 fully saturated rings. The first-order chi connectivity index (χ1) is 20.2. The van der Waals surface area contributed by atoms with E-state index in [0.717, 1.165) is 43.6 Å². The Hall–Kier alpha value is -3.48. The second kappa shape index (κ2) is 14.8. The molecule has 0 bridgehead atoms. The number of nitrogens with one attached hydrogen (secondary N) is 3. The predicted molar refractivity (Wildman–Crippen MR) is 172 cm³/mol. The number of hydrogen-bond donors (Lipinski definition) is 3. The Balaban J connectivity index is 0.00000423. The largest absolute Gasteiger partial charge is 0.457 e. The molecule has 1 aromatic heterocycles. The monoisotopic (exact) mass is 644 g/mol. The number of amides is 1. The van der Waals surface area contributed by atoms with Crippen molar-refractivity contribution in [1.82, 2.24) is 10.2 Å². The zero-order valence-electron chi connectivity index (χ0n) is 23.5. The second-order valence-corrected chi connectivity index (χ2v) is 13.0. The lowest BCUT2D eigenvalue weighted by molar-refractivity contribution is -0.118. The number of anilines is 2. The third kappa shape index (κ3) is 9.77. The Labute approximate surface area is 261 Å². The van der Waals surface area contributed by atoms with E-state index in [1.807, 2.05) is 41.8 Å². The van der Waals surface area contributed by atoms with Gasteiger partial charge in [0.15, 0.2) is 0 Å². The fourth-order valence-corrected chi connectivity index (χ4v) is 6.19. The summed E-state index contributed by atoms with van der Waals surface area (Å²) in [5, 5.41) is 8.44. The number of thiophene rings is 1. The highest BCUT2D eigenvalue weighted by atomic mass is 35.5. The summed E-state index contributed by atoms with van der Waals surface area (Å²) in [5.41, 5.74) is 2.22. The van der Waals surface area contributed by atoms with Crippen molar-refractivity contribution in [1.29, 1.82) is 0 Å². The quantitative estimate of drug-likeness (QED) is 0.175. The highest BCUT2D eigenvalue weighted by molar-refractivity contribution is 7.92. The summed E-state index contributed by atoms with van der Waals surface area (Å²) >= 11 is 1.54. The highest BCUT2D eigenvalue weighted by Crippen LogP contribution is 2.26. The van der Waals surface area contributed by atoms with Crippen LogP contribution in [0.3, 0.4) is 0 Å². The van der Waals surface area contributed by atoms with E-state index in [4.69, 9.17) is 4.74 Å². The fraction of sp³-hybridized carbons (Fsp3) is 0.258. The van der Waals surface area contributed by atoms with E-state index in [1.54, 1.807) is 36.4 Å². The van der Waals surface area contributed by atoms with Crippen LogP contribution in [0.1, 0.15) is 29.3 Å². The first kappa shape index (κ1) is 32.4. The Morgan fingerprint density at radius 2 is 1.56 bits per heavy atom. The summed E-state index contributed by atoms with van der Waals surface area (Å²) in [6.45, 7) is 2.62. The molecule has 3 N–H and O–H groups in total. The lowest BCUT2D eigenvalue weighted by Gasteiger charge is -2.34. The van der Waals surface area contributed by atoms with Crippen LogP contribution >= 0.6 is 23.7 Å². The average molecular weight is 645 g/mol. The third-order valence-corrected chi connectivity index (χ3v) is 8.46. The van der Waals surface area contributed by atoms with E-state index < -0.39 is 16.1 Å². The smallest absolute Gasteiger partial charge is 0.246 e. The van der Waals surface area contributed by atoms with Gasteiger partial charge in [-0.25, -0.2) is 12.8 Å². The van der Waals surface area contributed by atoms with Crippen LogP contribution in [0.15, 0.2) is 90.3 Å². The van der Waals surface area contributed by atoms with E-state index in [-0.39, 0.29) is 30.2 Å². The van der Waals surface area contributed by atoms with Gasteiger partial charge in [0.1, 0.15) is 23.4 Å². The molecule has 0 spiro atoms. The Morgan fingerprint density at radius 1 is 0.953 bits per heavy atom. The lowest BCUT2D eigenvalue weighted by Crippen LogP contribution is -2.45. The number of rotatable bonds is 11. The second-order valence-electron chi connectivity index (χ2n) is 10.3. The van der Waals surface area contributed by atoms with Crippen LogP contribution in [0, 0.1) is 5.82 Å². The van der Waals surface area contributed by atoms with Crippen LogP contribution in [0.4, 0.5) is 15.8 Å². The molecule has 1 aliphatic rings. The highest BCUT2D eigenvalue weighted by Gasteiger charge is 2.27. The summed E-state index contributed by atoms with van der Waals surface area (Å²) in [6.07, 6.45) is 2.94. The van der Waals surface area contributed by atoms with Crippen LogP contribution in [0.5, 0.6) is 11.5 Å². The third-order valence-electron chi connectivity index (χ3n) is 6.91. The molecule has 228 valence electrons. The van der Waals surface area contributed by atoms with Gasteiger partial charge in [-0.1, -0.05) is 18.2 Å². The van der Waals surface area contributed by atoms with E-state index >= 15 is 0 Å². The number of carbonyl (C=O) groups excluding carboxylic acids is 1. The average Bonchev–Trinajstić information content (AvgIpc) is 3.50. The van der Waals surface area contributed by atoms with Crippen molar-refractivity contribution >= 4 is 51.0 Å². The van der Waals surface area contributed by atoms with Crippen LogP contribution in [-0.4, -0.2) is 44.6 Å². The molecule has 1 amide bonds. The van der Waals surface area contributed by atoms with Gasteiger partial charge < -0.3 is 10.1 Å². The Kier molecular flexibility index (Phi) is 11.2. The number of likely N-dealkylation sites (tertiary alicyclic amines) is 1.